The van der Waals surface area contributed by atoms with Crippen molar-refractivity contribution < 1.29 is 27.8 Å². The molecule has 19 heavy (non-hydrogen) atoms. The molecular weight excluding hydrogens is 263 g/mol. The van der Waals surface area contributed by atoms with E-state index in [0.717, 1.165) is 0 Å². The second kappa shape index (κ2) is 3.99. The number of halogens is 3. The lowest BCUT2D eigenvalue weighted by Gasteiger charge is -2.37. The van der Waals surface area contributed by atoms with Gasteiger partial charge >= 0.3 is 12.1 Å². The van der Waals surface area contributed by atoms with Gasteiger partial charge in [0.25, 0.3) is 5.72 Å². The third-order valence-electron chi connectivity index (χ3n) is 2.94. The van der Waals surface area contributed by atoms with E-state index in [9.17, 15) is 18.0 Å². The number of rotatable bonds is 1. The lowest BCUT2D eigenvalue weighted by Crippen LogP contribution is -2.62. The molecule has 1 aliphatic rings. The molecule has 1 aliphatic heterocycles. The molecule has 1 aromatic carbocycles. The monoisotopic (exact) mass is 273 g/mol. The minimum absolute atomic E-state index is 0.0609. The fourth-order valence-corrected chi connectivity index (χ4v) is 2.02. The fraction of sp³-hybridized carbons (Fsp3) is 0.250. The molecule has 0 saturated carbocycles. The minimum atomic E-state index is -5.05. The Morgan fingerprint density at radius 1 is 1.37 bits per heavy atom. The van der Waals surface area contributed by atoms with Crippen molar-refractivity contribution >= 4 is 11.5 Å². The van der Waals surface area contributed by atoms with Crippen molar-refractivity contribution in [1.29, 1.82) is 0 Å². The molecule has 3 N–H and O–H groups in total. The van der Waals surface area contributed by atoms with Crippen molar-refractivity contribution in [2.75, 3.05) is 0 Å². The molecule has 0 aromatic heterocycles. The Hall–Kier alpha value is -2.02. The number of carboxylic acid groups (broad SMARTS) is 1. The quantitative estimate of drug-likeness (QED) is 0.822. The molecule has 1 unspecified atom stereocenters. The molecule has 0 bridgehead atoms. The van der Waals surface area contributed by atoms with Crippen LogP contribution in [0.25, 0.3) is 5.57 Å². The SMILES string of the molecule is CC1=C(C(=O)O)C(N)(C(F)(F)F)Oc2ccccc21. The Morgan fingerprint density at radius 3 is 2.47 bits per heavy atom. The molecule has 0 spiro atoms. The van der Waals surface area contributed by atoms with E-state index < -0.39 is 23.4 Å². The molecule has 0 fully saturated rings. The number of fused-ring (bicyclic) bond motifs is 1. The molecular formula is C12H10F3NO3. The van der Waals surface area contributed by atoms with Crippen LogP contribution in [0.2, 0.25) is 0 Å². The largest absolute Gasteiger partial charge is 0.478 e. The number of hydrogen-bond acceptors (Lipinski definition) is 3. The van der Waals surface area contributed by atoms with Crippen molar-refractivity contribution in [3.63, 3.8) is 0 Å². The van der Waals surface area contributed by atoms with Gasteiger partial charge in [0.05, 0.1) is 0 Å². The highest BCUT2D eigenvalue weighted by Gasteiger charge is 2.61. The lowest BCUT2D eigenvalue weighted by molar-refractivity contribution is -0.233. The van der Waals surface area contributed by atoms with Gasteiger partial charge in [0, 0.05) is 5.56 Å². The van der Waals surface area contributed by atoms with Gasteiger partial charge in [-0.05, 0) is 18.6 Å². The van der Waals surface area contributed by atoms with Crippen molar-refractivity contribution in [3.8, 4) is 5.75 Å². The van der Waals surface area contributed by atoms with E-state index in [2.05, 4.69) is 0 Å². The number of allylic oxidation sites excluding steroid dienone is 1. The predicted molar refractivity (Wildman–Crippen MR) is 60.3 cm³/mol. The third kappa shape index (κ3) is 1.86. The first-order valence-electron chi connectivity index (χ1n) is 5.27. The van der Waals surface area contributed by atoms with Crippen LogP contribution in [-0.4, -0.2) is 23.0 Å². The summed E-state index contributed by atoms with van der Waals surface area (Å²) in [5.41, 5.74) is 1.07. The highest BCUT2D eigenvalue weighted by molar-refractivity contribution is 6.00. The Kier molecular flexibility index (Phi) is 2.82. The van der Waals surface area contributed by atoms with Crippen molar-refractivity contribution in [1.82, 2.24) is 0 Å². The van der Waals surface area contributed by atoms with Gasteiger partial charge in [0.15, 0.2) is 0 Å². The Morgan fingerprint density at radius 2 is 1.95 bits per heavy atom. The molecule has 0 saturated heterocycles. The van der Waals surface area contributed by atoms with Gasteiger partial charge in [-0.1, -0.05) is 18.2 Å². The summed E-state index contributed by atoms with van der Waals surface area (Å²) in [6.07, 6.45) is -5.05. The third-order valence-corrected chi connectivity index (χ3v) is 2.94. The van der Waals surface area contributed by atoms with E-state index >= 15 is 0 Å². The zero-order valence-electron chi connectivity index (χ0n) is 9.78. The number of nitrogens with two attached hydrogens (primary N) is 1. The maximum atomic E-state index is 13.1. The standard InChI is InChI=1S/C12H10F3NO3/c1-6-7-4-2-3-5-8(7)19-11(16,12(13,14)15)9(6)10(17)18/h2-5H,16H2,1H3,(H,17,18). The van der Waals surface area contributed by atoms with Crippen LogP contribution in [0.15, 0.2) is 29.8 Å². The highest BCUT2D eigenvalue weighted by atomic mass is 19.4. The second-order valence-electron chi connectivity index (χ2n) is 4.14. The first-order valence-corrected chi connectivity index (χ1v) is 5.27. The smallest absolute Gasteiger partial charge is 0.447 e. The number of ether oxygens (including phenoxy) is 1. The number of para-hydroxylation sites is 1. The van der Waals surface area contributed by atoms with Gasteiger partial charge in [-0.3, -0.25) is 5.73 Å². The van der Waals surface area contributed by atoms with Crippen LogP contribution in [0, 0.1) is 0 Å². The maximum absolute atomic E-state index is 13.1. The normalized spacial score (nSPS) is 22.8. The lowest BCUT2D eigenvalue weighted by atomic mass is 9.90. The molecule has 2 rings (SSSR count). The van der Waals surface area contributed by atoms with Crippen molar-refractivity contribution in [2.24, 2.45) is 5.73 Å². The van der Waals surface area contributed by atoms with Crippen molar-refractivity contribution in [3.05, 3.63) is 35.4 Å². The van der Waals surface area contributed by atoms with Crippen LogP contribution in [0.4, 0.5) is 13.2 Å². The summed E-state index contributed by atoms with van der Waals surface area (Å²) >= 11 is 0. The average molecular weight is 273 g/mol. The minimum Gasteiger partial charge on any atom is -0.478 e. The van der Waals surface area contributed by atoms with E-state index in [0.29, 0.717) is 0 Å². The molecule has 1 aromatic rings. The molecule has 1 heterocycles. The van der Waals surface area contributed by atoms with E-state index in [1.54, 1.807) is 6.07 Å². The van der Waals surface area contributed by atoms with Crippen LogP contribution in [0.3, 0.4) is 0 Å². The van der Waals surface area contributed by atoms with Gasteiger partial charge in [-0.25, -0.2) is 4.79 Å². The number of aliphatic carboxylic acids is 1. The van der Waals surface area contributed by atoms with E-state index in [-0.39, 0.29) is 16.9 Å². The van der Waals surface area contributed by atoms with E-state index in [1.807, 2.05) is 0 Å². The second-order valence-corrected chi connectivity index (χ2v) is 4.14. The molecule has 0 radical (unpaired) electrons. The average Bonchev–Trinajstić information content (AvgIpc) is 2.27. The molecule has 0 aliphatic carbocycles. The molecule has 102 valence electrons. The summed E-state index contributed by atoms with van der Waals surface area (Å²) in [6.45, 7) is 1.28. The molecule has 0 amide bonds. The first-order chi connectivity index (χ1) is 8.68. The number of carbonyl (C=O) groups is 1. The zero-order chi connectivity index (χ0) is 14.4. The van der Waals surface area contributed by atoms with Gasteiger partial charge in [0.1, 0.15) is 11.3 Å². The number of carboxylic acids is 1. The summed E-state index contributed by atoms with van der Waals surface area (Å²) in [4.78, 5) is 11.1. The number of hydrogen-bond donors (Lipinski definition) is 2. The van der Waals surface area contributed by atoms with Gasteiger partial charge < -0.3 is 9.84 Å². The molecule has 4 nitrogen and oxygen atoms in total. The predicted octanol–water partition coefficient (Wildman–Crippen LogP) is 2.15. The van der Waals surface area contributed by atoms with Crippen LogP contribution in [0.1, 0.15) is 12.5 Å². The number of alkyl halides is 3. The van der Waals surface area contributed by atoms with Gasteiger partial charge in [-0.2, -0.15) is 13.2 Å². The Labute approximate surface area is 106 Å². The van der Waals surface area contributed by atoms with Crippen LogP contribution < -0.4 is 10.5 Å². The maximum Gasteiger partial charge on any atom is 0.447 e. The molecule has 7 heteroatoms. The van der Waals surface area contributed by atoms with E-state index in [4.69, 9.17) is 15.6 Å². The summed E-state index contributed by atoms with van der Waals surface area (Å²) < 4.78 is 43.9. The Balaban J connectivity index is 2.76. The van der Waals surface area contributed by atoms with Gasteiger partial charge in [-0.15, -0.1) is 0 Å². The van der Waals surface area contributed by atoms with Gasteiger partial charge in [0.2, 0.25) is 0 Å². The Bertz CT molecular complexity index is 580. The summed E-state index contributed by atoms with van der Waals surface area (Å²) in [6, 6.07) is 5.84. The zero-order valence-corrected chi connectivity index (χ0v) is 9.78. The highest BCUT2D eigenvalue weighted by Crippen LogP contribution is 2.45. The van der Waals surface area contributed by atoms with E-state index in [1.165, 1.54) is 25.1 Å². The topological polar surface area (TPSA) is 72.5 Å². The van der Waals surface area contributed by atoms with Crippen LogP contribution >= 0.6 is 0 Å². The first kappa shape index (κ1) is 13.4. The van der Waals surface area contributed by atoms with Crippen LogP contribution in [-0.2, 0) is 4.79 Å². The fourth-order valence-electron chi connectivity index (χ4n) is 2.02. The van der Waals surface area contributed by atoms with Crippen molar-refractivity contribution in [2.45, 2.75) is 18.8 Å². The van der Waals surface area contributed by atoms with Crippen LogP contribution in [0.5, 0.6) is 5.75 Å². The summed E-state index contributed by atoms with van der Waals surface area (Å²) in [5.74, 6) is -1.85. The molecule has 1 atom stereocenters. The summed E-state index contributed by atoms with van der Waals surface area (Å²) in [7, 11) is 0. The summed E-state index contributed by atoms with van der Waals surface area (Å²) in [5, 5.41) is 9.02. The number of benzene rings is 1.